The summed E-state index contributed by atoms with van der Waals surface area (Å²) >= 11 is 0. The summed E-state index contributed by atoms with van der Waals surface area (Å²) in [7, 11) is 0. The maximum Gasteiger partial charge on any atom is 0.410 e. The molecule has 2 aromatic carbocycles. The van der Waals surface area contributed by atoms with Gasteiger partial charge in [-0.05, 0) is 36.9 Å². The second-order valence-corrected chi connectivity index (χ2v) is 9.72. The second-order valence-electron chi connectivity index (χ2n) is 9.72. The molecule has 12 heteroatoms. The molecule has 218 valence electrons. The maximum atomic E-state index is 13.2. The first kappa shape index (κ1) is 29.7. The predicted octanol–water partition coefficient (Wildman–Crippen LogP) is 3.13. The molecule has 0 saturated carbocycles. The standard InChI is InChI=1S/C29H36N6O6/c30-14-8-7-13-24(31-28(37)39-20-22-9-3-1-4-10-22)26(36)27-32-25(41-33-27)19-34-15-17-35(18-16-34)29(38)40-21-23-11-5-2-6-12-23/h1-6,9-12,24H,7-8,13-21,30H2,(H,31,37). The van der Waals surface area contributed by atoms with Crippen molar-refractivity contribution in [3.05, 3.63) is 83.5 Å². The Labute approximate surface area is 238 Å². The zero-order chi connectivity index (χ0) is 28.9. The normalized spacial score (nSPS) is 14.3. The summed E-state index contributed by atoms with van der Waals surface area (Å²) in [5.74, 6) is -0.287. The van der Waals surface area contributed by atoms with E-state index in [9.17, 15) is 14.4 Å². The molecule has 1 saturated heterocycles. The monoisotopic (exact) mass is 564 g/mol. The number of nitrogens with zero attached hydrogens (tertiary/aromatic N) is 4. The summed E-state index contributed by atoms with van der Waals surface area (Å²) in [5, 5.41) is 6.50. The SMILES string of the molecule is NCCCCC(NC(=O)OCc1ccccc1)C(=O)c1noc(CN2CCN(C(=O)OCc3ccccc3)CC2)n1. The zero-order valence-corrected chi connectivity index (χ0v) is 22.9. The van der Waals surface area contributed by atoms with E-state index in [0.29, 0.717) is 58.5 Å². The van der Waals surface area contributed by atoms with E-state index in [4.69, 9.17) is 19.7 Å². The smallest absolute Gasteiger partial charge is 0.410 e. The Morgan fingerprint density at radius 3 is 2.17 bits per heavy atom. The van der Waals surface area contributed by atoms with Crippen molar-refractivity contribution in [3.63, 3.8) is 0 Å². The number of nitrogens with two attached hydrogens (primary N) is 1. The molecular formula is C29H36N6O6. The van der Waals surface area contributed by atoms with Crippen molar-refractivity contribution in [1.82, 2.24) is 25.3 Å². The summed E-state index contributed by atoms with van der Waals surface area (Å²) in [6.45, 7) is 3.27. The van der Waals surface area contributed by atoms with E-state index < -0.39 is 17.9 Å². The number of unbranched alkanes of at least 4 members (excludes halogenated alkanes) is 1. The molecule has 1 aliphatic rings. The van der Waals surface area contributed by atoms with Crippen LogP contribution >= 0.6 is 0 Å². The fourth-order valence-electron chi connectivity index (χ4n) is 4.33. The Bertz CT molecular complexity index is 1250. The van der Waals surface area contributed by atoms with Gasteiger partial charge in [-0.3, -0.25) is 9.69 Å². The molecule has 0 aliphatic carbocycles. The van der Waals surface area contributed by atoms with Gasteiger partial charge in [0.25, 0.3) is 0 Å². The molecule has 2 amide bonds. The van der Waals surface area contributed by atoms with Crippen LogP contribution in [0.1, 0.15) is 46.9 Å². The number of nitrogens with one attached hydrogen (secondary N) is 1. The number of alkyl carbamates (subject to hydrolysis) is 1. The first-order valence-electron chi connectivity index (χ1n) is 13.7. The lowest BCUT2D eigenvalue weighted by Gasteiger charge is -2.33. The van der Waals surface area contributed by atoms with Crippen LogP contribution in [0.25, 0.3) is 0 Å². The fraction of sp³-hybridized carbons (Fsp3) is 0.414. The lowest BCUT2D eigenvalue weighted by molar-refractivity contribution is 0.0675. The number of rotatable bonds is 13. The Morgan fingerprint density at radius 1 is 0.902 bits per heavy atom. The van der Waals surface area contributed by atoms with E-state index in [1.165, 1.54) is 0 Å². The van der Waals surface area contributed by atoms with E-state index in [1.54, 1.807) is 4.90 Å². The Hall–Kier alpha value is -4.29. The predicted molar refractivity (Wildman–Crippen MR) is 149 cm³/mol. The van der Waals surface area contributed by atoms with E-state index in [1.807, 2.05) is 60.7 Å². The molecule has 2 heterocycles. The van der Waals surface area contributed by atoms with Crippen LogP contribution in [-0.4, -0.2) is 76.7 Å². The van der Waals surface area contributed by atoms with Crippen LogP contribution < -0.4 is 11.1 Å². The van der Waals surface area contributed by atoms with Crippen LogP contribution in [0.15, 0.2) is 65.2 Å². The molecule has 1 aliphatic heterocycles. The summed E-state index contributed by atoms with van der Waals surface area (Å²) in [6.07, 6.45) is 0.643. The molecular weight excluding hydrogens is 528 g/mol. The minimum Gasteiger partial charge on any atom is -0.445 e. The number of hydrogen-bond acceptors (Lipinski definition) is 10. The fourth-order valence-corrected chi connectivity index (χ4v) is 4.33. The van der Waals surface area contributed by atoms with E-state index >= 15 is 0 Å². The molecule has 1 fully saturated rings. The Kier molecular flexibility index (Phi) is 11.2. The molecule has 0 spiro atoms. The van der Waals surface area contributed by atoms with Gasteiger partial charge >= 0.3 is 12.2 Å². The van der Waals surface area contributed by atoms with Gasteiger partial charge in [-0.1, -0.05) is 65.8 Å². The third-order valence-electron chi connectivity index (χ3n) is 6.65. The molecule has 12 nitrogen and oxygen atoms in total. The van der Waals surface area contributed by atoms with Crippen molar-refractivity contribution in [2.24, 2.45) is 5.73 Å². The van der Waals surface area contributed by atoms with Crippen LogP contribution in [0.3, 0.4) is 0 Å². The molecule has 0 bridgehead atoms. The highest BCUT2D eigenvalue weighted by Crippen LogP contribution is 2.12. The Balaban J connectivity index is 1.25. The average Bonchev–Trinajstić information content (AvgIpc) is 3.48. The number of aromatic nitrogens is 2. The van der Waals surface area contributed by atoms with Gasteiger partial charge in [0.15, 0.2) is 0 Å². The van der Waals surface area contributed by atoms with Crippen molar-refractivity contribution in [3.8, 4) is 0 Å². The number of benzene rings is 2. The van der Waals surface area contributed by atoms with Crippen LogP contribution in [0, 0.1) is 0 Å². The number of ketones is 1. The van der Waals surface area contributed by atoms with Crippen LogP contribution in [0.4, 0.5) is 9.59 Å². The third kappa shape index (κ3) is 9.40. The molecule has 1 unspecified atom stereocenters. The zero-order valence-electron chi connectivity index (χ0n) is 22.9. The molecule has 3 N–H and O–H groups in total. The van der Waals surface area contributed by atoms with Crippen molar-refractivity contribution in [2.75, 3.05) is 32.7 Å². The highest BCUT2D eigenvalue weighted by Gasteiger charge is 2.28. The summed E-state index contributed by atoms with van der Waals surface area (Å²) in [5.41, 5.74) is 7.37. The topological polar surface area (TPSA) is 153 Å². The molecule has 3 aromatic rings. The highest BCUT2D eigenvalue weighted by atomic mass is 16.6. The number of Topliss-reactive ketones (excluding diaryl/α,β-unsaturated/α-hetero) is 1. The maximum absolute atomic E-state index is 13.2. The van der Waals surface area contributed by atoms with Gasteiger partial charge in [0.1, 0.15) is 13.2 Å². The Morgan fingerprint density at radius 2 is 1.54 bits per heavy atom. The quantitative estimate of drug-likeness (QED) is 0.234. The van der Waals surface area contributed by atoms with Crippen LogP contribution in [-0.2, 0) is 29.2 Å². The number of piperazine rings is 1. The van der Waals surface area contributed by atoms with E-state index in [-0.39, 0.29) is 31.0 Å². The first-order chi connectivity index (χ1) is 20.0. The minimum absolute atomic E-state index is 0.0841. The van der Waals surface area contributed by atoms with Gasteiger partial charge in [-0.2, -0.15) is 4.98 Å². The number of ether oxygens (including phenoxy) is 2. The first-order valence-corrected chi connectivity index (χ1v) is 13.7. The van der Waals surface area contributed by atoms with Gasteiger partial charge in [-0.15, -0.1) is 0 Å². The van der Waals surface area contributed by atoms with E-state index in [0.717, 1.165) is 11.1 Å². The van der Waals surface area contributed by atoms with Gasteiger partial charge < -0.3 is 29.9 Å². The van der Waals surface area contributed by atoms with Gasteiger partial charge in [-0.25, -0.2) is 9.59 Å². The second kappa shape index (κ2) is 15.5. The summed E-state index contributed by atoms with van der Waals surface area (Å²) in [4.78, 5) is 46.0. The van der Waals surface area contributed by atoms with Crippen molar-refractivity contribution >= 4 is 18.0 Å². The van der Waals surface area contributed by atoms with Crippen LogP contribution in [0.2, 0.25) is 0 Å². The van der Waals surface area contributed by atoms with Crippen molar-refractivity contribution in [2.45, 2.75) is 45.1 Å². The molecule has 1 aromatic heterocycles. The summed E-state index contributed by atoms with van der Waals surface area (Å²) in [6, 6.07) is 17.9. The lowest BCUT2D eigenvalue weighted by atomic mass is 10.0. The molecule has 0 radical (unpaired) electrons. The number of carbonyl (C=O) groups excluding carboxylic acids is 3. The van der Waals surface area contributed by atoms with Crippen molar-refractivity contribution in [1.29, 1.82) is 0 Å². The third-order valence-corrected chi connectivity index (χ3v) is 6.65. The summed E-state index contributed by atoms with van der Waals surface area (Å²) < 4.78 is 16.0. The van der Waals surface area contributed by atoms with E-state index in [2.05, 4.69) is 20.4 Å². The largest absolute Gasteiger partial charge is 0.445 e. The number of hydrogen-bond donors (Lipinski definition) is 2. The highest BCUT2D eigenvalue weighted by molar-refractivity contribution is 5.98. The molecule has 1 atom stereocenters. The minimum atomic E-state index is -0.874. The van der Waals surface area contributed by atoms with Crippen molar-refractivity contribution < 1.29 is 28.4 Å². The molecule has 41 heavy (non-hydrogen) atoms. The van der Waals surface area contributed by atoms with Gasteiger partial charge in [0.05, 0.1) is 12.6 Å². The van der Waals surface area contributed by atoms with Gasteiger partial charge in [0, 0.05) is 26.2 Å². The van der Waals surface area contributed by atoms with Gasteiger partial charge in [0.2, 0.25) is 17.5 Å². The number of carbonyl (C=O) groups is 3. The lowest BCUT2D eigenvalue weighted by Crippen LogP contribution is -2.48. The molecule has 4 rings (SSSR count). The average molecular weight is 565 g/mol. The van der Waals surface area contributed by atoms with Crippen LogP contribution in [0.5, 0.6) is 0 Å². The number of amides is 2.